The molecule has 4 heterocycles. The number of aromatic nitrogens is 2. The molecule has 2 saturated heterocycles. The second-order valence-electron chi connectivity index (χ2n) is 19.1. The molecular weight excluding hydrogens is 813 g/mol. The molecule has 3 fully saturated rings. The summed E-state index contributed by atoms with van der Waals surface area (Å²) in [6.07, 6.45) is 21.0. The van der Waals surface area contributed by atoms with Crippen LogP contribution in [0, 0.1) is 11.6 Å². The van der Waals surface area contributed by atoms with E-state index in [1.54, 1.807) is 6.20 Å². The van der Waals surface area contributed by atoms with Gasteiger partial charge in [-0.2, -0.15) is 4.98 Å². The first-order valence-corrected chi connectivity index (χ1v) is 24.7. The van der Waals surface area contributed by atoms with E-state index in [4.69, 9.17) is 9.97 Å². The lowest BCUT2D eigenvalue weighted by Crippen LogP contribution is -2.50. The topological polar surface area (TPSA) is 74.8 Å². The molecule has 3 N–H and O–H groups in total. The van der Waals surface area contributed by atoms with Crippen LogP contribution >= 0.6 is 0 Å². The lowest BCUT2D eigenvalue weighted by Gasteiger charge is -2.46. The lowest BCUT2D eigenvalue weighted by molar-refractivity contribution is 0.287. The van der Waals surface area contributed by atoms with E-state index in [0.717, 1.165) is 91.6 Å². The number of nitrogens with one attached hydrogen (secondary N) is 3. The SMILES string of the molecule is C=C(NC1(CCC)CCCN(C)CC1)c1ccc(Nc2ncc3c(n2)N(C2CCCC2)C(CC)C(=C)N3C)c(CC)c1.C=CNC(=C)CCC(C)c1c(F)cc(N2CCCCC2)cc1F. The summed E-state index contributed by atoms with van der Waals surface area (Å²) in [5.41, 5.74) is 8.43. The number of nitrogens with zero attached hydrogens (tertiary/aromatic N) is 6. The summed E-state index contributed by atoms with van der Waals surface area (Å²) in [5.74, 6) is 0.592. The van der Waals surface area contributed by atoms with Gasteiger partial charge in [-0.1, -0.05) is 79.3 Å². The number of hydrogen-bond acceptors (Lipinski definition) is 9. The number of likely N-dealkylation sites (N-methyl/N-ethyl adjacent to an activating group) is 1. The van der Waals surface area contributed by atoms with Crippen LogP contribution in [0.25, 0.3) is 5.70 Å². The Morgan fingerprint density at radius 2 is 1.66 bits per heavy atom. The zero-order valence-corrected chi connectivity index (χ0v) is 40.7. The number of anilines is 5. The van der Waals surface area contributed by atoms with Crippen LogP contribution in [-0.4, -0.2) is 72.8 Å². The second kappa shape index (κ2) is 23.0. The zero-order valence-electron chi connectivity index (χ0n) is 40.7. The Morgan fingerprint density at radius 3 is 2.32 bits per heavy atom. The maximum atomic E-state index is 14.5. The Bertz CT molecular complexity index is 2080. The van der Waals surface area contributed by atoms with Crippen LogP contribution in [0.3, 0.4) is 0 Å². The van der Waals surface area contributed by atoms with Gasteiger partial charge in [-0.25, -0.2) is 13.8 Å². The van der Waals surface area contributed by atoms with Gasteiger partial charge in [0.05, 0.1) is 12.2 Å². The fourth-order valence-corrected chi connectivity index (χ4v) is 10.7. The highest BCUT2D eigenvalue weighted by atomic mass is 19.1. The number of piperidine rings is 1. The lowest BCUT2D eigenvalue weighted by atomic mass is 9.85. The zero-order chi connectivity index (χ0) is 46.7. The van der Waals surface area contributed by atoms with Crippen LogP contribution in [-0.2, 0) is 6.42 Å². The van der Waals surface area contributed by atoms with Crippen LogP contribution in [0.5, 0.6) is 0 Å². The highest BCUT2D eigenvalue weighted by molar-refractivity contribution is 5.76. The van der Waals surface area contributed by atoms with Gasteiger partial charge in [-0.15, -0.1) is 0 Å². The molecule has 1 saturated carbocycles. The minimum Gasteiger partial charge on any atom is -0.380 e. The molecule has 0 spiro atoms. The van der Waals surface area contributed by atoms with Gasteiger partial charge in [0.1, 0.15) is 17.3 Å². The number of hydrogen-bond donors (Lipinski definition) is 3. The fourth-order valence-electron chi connectivity index (χ4n) is 10.7. The standard InChI is InChI=1S/C35H53N7.C19H26F2N2/c1-8-18-35(19-13-21-40(6)22-20-35)39-25(4)28-16-17-30(27(9-2)23-28)37-34-36-24-32-33(38-34)42(29-14-11-12-15-29)31(10-3)26(5)41(32)7;1-4-22-15(3)9-8-14(2)19-17(20)12-16(13-18(19)21)23-10-6-5-7-11-23/h16-17,23-24,29,31,39H,4-5,8-15,18-22H2,1-3,6-7H3,(H,36,37,38);4,12-14,22H,1,3,5-11H2,2H3. The average Bonchev–Trinajstić information content (AvgIpc) is 3.77. The summed E-state index contributed by atoms with van der Waals surface area (Å²) >= 11 is 0. The average molecular weight is 892 g/mol. The second-order valence-corrected chi connectivity index (χ2v) is 19.1. The summed E-state index contributed by atoms with van der Waals surface area (Å²) < 4.78 is 28.9. The summed E-state index contributed by atoms with van der Waals surface area (Å²) in [6, 6.07) is 10.4. The number of allylic oxidation sites excluding steroid dienone is 1. The molecule has 65 heavy (non-hydrogen) atoms. The van der Waals surface area contributed by atoms with Crippen molar-refractivity contribution in [2.45, 2.75) is 154 Å². The van der Waals surface area contributed by atoms with Crippen molar-refractivity contribution >= 4 is 34.5 Å². The van der Waals surface area contributed by atoms with E-state index >= 15 is 0 Å². The highest BCUT2D eigenvalue weighted by Gasteiger charge is 2.38. The van der Waals surface area contributed by atoms with Gasteiger partial charge < -0.3 is 35.6 Å². The molecule has 0 amide bonds. The summed E-state index contributed by atoms with van der Waals surface area (Å²) in [7, 11) is 4.34. The van der Waals surface area contributed by atoms with E-state index in [1.165, 1.54) is 82.0 Å². The summed E-state index contributed by atoms with van der Waals surface area (Å²) in [4.78, 5) is 19.2. The number of fused-ring (bicyclic) bond motifs is 1. The fraction of sp³-hybridized carbons (Fsp3) is 0.556. The molecule has 3 aromatic rings. The molecule has 2 aromatic carbocycles. The Labute approximate surface area is 390 Å². The molecule has 3 aliphatic heterocycles. The van der Waals surface area contributed by atoms with E-state index in [0.29, 0.717) is 30.5 Å². The molecule has 1 aliphatic carbocycles. The molecule has 9 nitrogen and oxygen atoms in total. The molecule has 3 unspecified atom stereocenters. The van der Waals surface area contributed by atoms with Gasteiger partial charge in [0, 0.05) is 72.3 Å². The smallest absolute Gasteiger partial charge is 0.229 e. The van der Waals surface area contributed by atoms with E-state index in [-0.39, 0.29) is 23.1 Å². The van der Waals surface area contributed by atoms with Crippen molar-refractivity contribution in [1.82, 2.24) is 25.5 Å². The minimum atomic E-state index is -0.444. The minimum absolute atomic E-state index is 0.122. The first-order valence-electron chi connectivity index (χ1n) is 24.7. The number of benzene rings is 2. The third-order valence-electron chi connectivity index (χ3n) is 14.5. The van der Waals surface area contributed by atoms with Crippen LogP contribution < -0.4 is 30.7 Å². The molecule has 4 aliphatic rings. The molecule has 7 rings (SSSR count). The molecule has 1 aromatic heterocycles. The first kappa shape index (κ1) is 49.5. The monoisotopic (exact) mass is 892 g/mol. The number of halogens is 2. The Morgan fingerprint density at radius 1 is 0.938 bits per heavy atom. The summed E-state index contributed by atoms with van der Waals surface area (Å²) in [6.45, 7) is 29.1. The van der Waals surface area contributed by atoms with Gasteiger partial charge >= 0.3 is 0 Å². The predicted octanol–water partition coefficient (Wildman–Crippen LogP) is 12.6. The normalized spacial score (nSPS) is 20.9. The van der Waals surface area contributed by atoms with Gasteiger partial charge in [0.15, 0.2) is 5.82 Å². The molecule has 354 valence electrons. The molecule has 0 bridgehead atoms. The summed E-state index contributed by atoms with van der Waals surface area (Å²) in [5, 5.41) is 10.4. The third-order valence-corrected chi connectivity index (χ3v) is 14.5. The van der Waals surface area contributed by atoms with Gasteiger partial charge in [0.25, 0.3) is 0 Å². The van der Waals surface area contributed by atoms with Crippen LogP contribution in [0.15, 0.2) is 80.4 Å². The quantitative estimate of drug-likeness (QED) is 0.123. The molecule has 0 radical (unpaired) electrons. The van der Waals surface area contributed by atoms with Gasteiger partial charge in [0.2, 0.25) is 5.95 Å². The van der Waals surface area contributed by atoms with E-state index in [9.17, 15) is 8.78 Å². The molecular formula is C54H79F2N9. The Balaban J connectivity index is 0.000000257. The van der Waals surface area contributed by atoms with Crippen molar-refractivity contribution in [2.24, 2.45) is 0 Å². The maximum Gasteiger partial charge on any atom is 0.229 e. The first-order chi connectivity index (χ1) is 31.3. The van der Waals surface area contributed by atoms with Gasteiger partial charge in [-0.05, 0) is 145 Å². The van der Waals surface area contributed by atoms with E-state index in [1.807, 2.05) is 13.1 Å². The van der Waals surface area contributed by atoms with Crippen LogP contribution in [0.4, 0.5) is 37.6 Å². The Kier molecular flexibility index (Phi) is 17.5. The Hall–Kier alpha value is -4.90. The van der Waals surface area contributed by atoms with Crippen molar-refractivity contribution < 1.29 is 8.78 Å². The largest absolute Gasteiger partial charge is 0.380 e. The van der Waals surface area contributed by atoms with Crippen molar-refractivity contribution in [1.29, 1.82) is 0 Å². The van der Waals surface area contributed by atoms with Crippen molar-refractivity contribution in [3.05, 3.63) is 109 Å². The maximum absolute atomic E-state index is 14.5. The van der Waals surface area contributed by atoms with Crippen molar-refractivity contribution in [3.63, 3.8) is 0 Å². The molecule has 3 atom stereocenters. The molecule has 11 heteroatoms. The van der Waals surface area contributed by atoms with Crippen LogP contribution in [0.2, 0.25) is 0 Å². The number of likely N-dealkylation sites (tertiary alicyclic amines) is 1. The van der Waals surface area contributed by atoms with Crippen LogP contribution in [0.1, 0.15) is 147 Å². The van der Waals surface area contributed by atoms with Crippen molar-refractivity contribution in [3.8, 4) is 0 Å². The van der Waals surface area contributed by atoms with E-state index < -0.39 is 11.6 Å². The van der Waals surface area contributed by atoms with Gasteiger partial charge in [-0.3, -0.25) is 0 Å². The number of aryl methyl sites for hydroxylation is 1. The third kappa shape index (κ3) is 12.1. The van der Waals surface area contributed by atoms with E-state index in [2.05, 4.69) is 115 Å². The predicted molar refractivity (Wildman–Crippen MR) is 271 cm³/mol. The highest BCUT2D eigenvalue weighted by Crippen LogP contribution is 2.43. The van der Waals surface area contributed by atoms with Crippen molar-refractivity contribution in [2.75, 3.05) is 60.3 Å². The number of rotatable bonds is 17.